The second-order valence-corrected chi connectivity index (χ2v) is 3.69. The van der Waals surface area contributed by atoms with Crippen molar-refractivity contribution in [1.82, 2.24) is 4.90 Å². The molecule has 0 fully saturated rings. The topological polar surface area (TPSA) is 61.8 Å². The summed E-state index contributed by atoms with van der Waals surface area (Å²) in [4.78, 5) is 2.00. The first-order valence-electron chi connectivity index (χ1n) is 4.83. The van der Waals surface area contributed by atoms with Crippen molar-refractivity contribution >= 4 is 5.84 Å². The molecule has 0 spiro atoms. The van der Waals surface area contributed by atoms with Crippen LogP contribution < -0.4 is 5.73 Å². The van der Waals surface area contributed by atoms with Crippen LogP contribution in [-0.4, -0.2) is 29.5 Å². The Kier molecular flexibility index (Phi) is 4.12. The van der Waals surface area contributed by atoms with Gasteiger partial charge in [-0.05, 0) is 25.1 Å². The van der Waals surface area contributed by atoms with Crippen molar-refractivity contribution in [3.8, 4) is 0 Å². The van der Waals surface area contributed by atoms with E-state index in [9.17, 15) is 0 Å². The Morgan fingerprint density at radius 3 is 2.73 bits per heavy atom. The Balaban J connectivity index is 2.59. The van der Waals surface area contributed by atoms with Crippen LogP contribution in [0.25, 0.3) is 0 Å². The normalized spacial score (nSPS) is 12.1. The fourth-order valence-electron chi connectivity index (χ4n) is 1.44. The van der Waals surface area contributed by atoms with Crippen LogP contribution in [0.15, 0.2) is 29.4 Å². The summed E-state index contributed by atoms with van der Waals surface area (Å²) in [6.45, 7) is 3.33. The third-order valence-electron chi connectivity index (χ3n) is 2.26. The fourth-order valence-corrected chi connectivity index (χ4v) is 1.44. The van der Waals surface area contributed by atoms with Crippen molar-refractivity contribution < 1.29 is 5.21 Å². The largest absolute Gasteiger partial charge is 0.409 e. The smallest absolute Gasteiger partial charge is 0.153 e. The molecule has 4 nitrogen and oxygen atoms in total. The Hall–Kier alpha value is -1.55. The van der Waals surface area contributed by atoms with Crippen LogP contribution in [0, 0.1) is 6.92 Å². The molecular formula is C11H17N3O. The van der Waals surface area contributed by atoms with Gasteiger partial charge in [0.05, 0.1) is 6.54 Å². The maximum Gasteiger partial charge on any atom is 0.153 e. The summed E-state index contributed by atoms with van der Waals surface area (Å²) >= 11 is 0. The van der Waals surface area contributed by atoms with Gasteiger partial charge in [0.1, 0.15) is 0 Å². The highest BCUT2D eigenvalue weighted by Gasteiger charge is 2.04. The van der Waals surface area contributed by atoms with Gasteiger partial charge in [0.2, 0.25) is 0 Å². The van der Waals surface area contributed by atoms with Crippen LogP contribution in [0.4, 0.5) is 0 Å². The third-order valence-corrected chi connectivity index (χ3v) is 2.26. The van der Waals surface area contributed by atoms with Gasteiger partial charge in [0, 0.05) is 6.54 Å². The Morgan fingerprint density at radius 2 is 2.13 bits per heavy atom. The molecule has 0 aliphatic rings. The van der Waals surface area contributed by atoms with Crippen molar-refractivity contribution in [2.45, 2.75) is 13.5 Å². The molecule has 0 aliphatic carbocycles. The van der Waals surface area contributed by atoms with E-state index in [0.29, 0.717) is 6.54 Å². The number of amidine groups is 1. The maximum atomic E-state index is 8.44. The Morgan fingerprint density at radius 1 is 1.47 bits per heavy atom. The molecule has 0 atom stereocenters. The first-order chi connectivity index (χ1) is 7.13. The summed E-state index contributed by atoms with van der Waals surface area (Å²) in [6.07, 6.45) is 0. The second kappa shape index (κ2) is 5.36. The zero-order valence-corrected chi connectivity index (χ0v) is 9.14. The lowest BCUT2D eigenvalue weighted by Crippen LogP contribution is -2.30. The number of likely N-dealkylation sites (N-methyl/N-ethyl adjacent to an activating group) is 1. The highest BCUT2D eigenvalue weighted by atomic mass is 16.4. The monoisotopic (exact) mass is 207 g/mol. The van der Waals surface area contributed by atoms with Gasteiger partial charge in [-0.3, -0.25) is 4.90 Å². The van der Waals surface area contributed by atoms with Crippen molar-refractivity contribution in [1.29, 1.82) is 0 Å². The zero-order chi connectivity index (χ0) is 11.3. The van der Waals surface area contributed by atoms with Gasteiger partial charge in [-0.25, -0.2) is 0 Å². The first kappa shape index (κ1) is 11.5. The SMILES string of the molecule is Cc1ccccc1CN(C)CC(N)=NO. The van der Waals surface area contributed by atoms with E-state index in [-0.39, 0.29) is 5.84 Å². The quantitative estimate of drug-likeness (QED) is 0.337. The van der Waals surface area contributed by atoms with Crippen LogP contribution in [0.2, 0.25) is 0 Å². The molecule has 82 valence electrons. The predicted molar refractivity (Wildman–Crippen MR) is 60.9 cm³/mol. The van der Waals surface area contributed by atoms with Crippen LogP contribution in [0.3, 0.4) is 0 Å². The molecule has 1 aromatic carbocycles. The Bertz CT molecular complexity index is 349. The van der Waals surface area contributed by atoms with E-state index in [2.05, 4.69) is 24.2 Å². The van der Waals surface area contributed by atoms with E-state index in [1.54, 1.807) is 0 Å². The highest BCUT2D eigenvalue weighted by Crippen LogP contribution is 2.08. The fraction of sp³-hybridized carbons (Fsp3) is 0.364. The molecule has 0 heterocycles. The molecule has 0 amide bonds. The molecule has 3 N–H and O–H groups in total. The molecule has 0 unspecified atom stereocenters. The minimum absolute atomic E-state index is 0.228. The van der Waals surface area contributed by atoms with Crippen molar-refractivity contribution in [2.75, 3.05) is 13.6 Å². The number of nitrogens with two attached hydrogens (primary N) is 1. The summed E-state index contributed by atoms with van der Waals surface area (Å²) in [5, 5.41) is 11.4. The van der Waals surface area contributed by atoms with Gasteiger partial charge in [0.25, 0.3) is 0 Å². The highest BCUT2D eigenvalue weighted by molar-refractivity contribution is 5.81. The van der Waals surface area contributed by atoms with Gasteiger partial charge in [-0.15, -0.1) is 0 Å². The number of oxime groups is 1. The minimum atomic E-state index is 0.228. The Labute approximate surface area is 90.0 Å². The van der Waals surface area contributed by atoms with E-state index in [0.717, 1.165) is 6.54 Å². The van der Waals surface area contributed by atoms with Gasteiger partial charge in [-0.1, -0.05) is 29.4 Å². The van der Waals surface area contributed by atoms with E-state index in [4.69, 9.17) is 10.9 Å². The number of nitrogens with zero attached hydrogens (tertiary/aromatic N) is 2. The van der Waals surface area contributed by atoms with Crippen molar-refractivity contribution in [2.24, 2.45) is 10.9 Å². The molecule has 0 aromatic heterocycles. The van der Waals surface area contributed by atoms with Crippen LogP contribution in [0.1, 0.15) is 11.1 Å². The standard InChI is InChI=1S/C11H17N3O/c1-9-5-3-4-6-10(9)7-14(2)8-11(12)13-15/h3-6,15H,7-8H2,1-2H3,(H2,12,13). The predicted octanol–water partition coefficient (Wildman–Crippen LogP) is 1.17. The molecule has 0 saturated carbocycles. The lowest BCUT2D eigenvalue weighted by Gasteiger charge is -2.16. The zero-order valence-electron chi connectivity index (χ0n) is 9.14. The summed E-state index contributed by atoms with van der Waals surface area (Å²) < 4.78 is 0. The van der Waals surface area contributed by atoms with E-state index in [1.165, 1.54) is 11.1 Å². The molecule has 15 heavy (non-hydrogen) atoms. The molecule has 0 radical (unpaired) electrons. The lowest BCUT2D eigenvalue weighted by atomic mass is 10.1. The van der Waals surface area contributed by atoms with Crippen molar-refractivity contribution in [3.63, 3.8) is 0 Å². The van der Waals surface area contributed by atoms with Crippen molar-refractivity contribution in [3.05, 3.63) is 35.4 Å². The summed E-state index contributed by atoms with van der Waals surface area (Å²) in [5.41, 5.74) is 7.93. The second-order valence-electron chi connectivity index (χ2n) is 3.69. The summed E-state index contributed by atoms with van der Waals surface area (Å²) in [5.74, 6) is 0.228. The average Bonchev–Trinajstić information content (AvgIpc) is 2.21. The van der Waals surface area contributed by atoms with Crippen LogP contribution in [-0.2, 0) is 6.54 Å². The molecule has 0 bridgehead atoms. The molecule has 1 aromatic rings. The van der Waals surface area contributed by atoms with E-state index < -0.39 is 0 Å². The number of hydrogen-bond acceptors (Lipinski definition) is 3. The van der Waals surface area contributed by atoms with Gasteiger partial charge < -0.3 is 10.9 Å². The summed E-state index contributed by atoms with van der Waals surface area (Å²) in [6, 6.07) is 8.19. The van der Waals surface area contributed by atoms with Crippen LogP contribution in [0.5, 0.6) is 0 Å². The molecule has 0 aliphatic heterocycles. The molecule has 1 rings (SSSR count). The third kappa shape index (κ3) is 3.59. The van der Waals surface area contributed by atoms with Gasteiger partial charge in [0.15, 0.2) is 5.84 Å². The number of rotatable bonds is 4. The summed E-state index contributed by atoms with van der Waals surface area (Å²) in [7, 11) is 1.94. The van der Waals surface area contributed by atoms with E-state index >= 15 is 0 Å². The number of aryl methyl sites for hydroxylation is 1. The minimum Gasteiger partial charge on any atom is -0.409 e. The number of benzene rings is 1. The molecule has 4 heteroatoms. The lowest BCUT2D eigenvalue weighted by molar-refractivity contribution is 0.308. The van der Waals surface area contributed by atoms with E-state index in [1.807, 2.05) is 24.1 Å². The number of hydrogen-bond donors (Lipinski definition) is 2. The van der Waals surface area contributed by atoms with Gasteiger partial charge >= 0.3 is 0 Å². The van der Waals surface area contributed by atoms with Crippen LogP contribution >= 0.6 is 0 Å². The first-order valence-corrected chi connectivity index (χ1v) is 4.83. The average molecular weight is 207 g/mol. The van der Waals surface area contributed by atoms with Gasteiger partial charge in [-0.2, -0.15) is 0 Å². The molecular weight excluding hydrogens is 190 g/mol. The maximum absolute atomic E-state index is 8.44. The molecule has 0 saturated heterocycles.